The molecule has 1 atom stereocenters. The first-order chi connectivity index (χ1) is 10.1. The number of para-hydroxylation sites is 1. The van der Waals surface area contributed by atoms with Crippen LogP contribution in [0.4, 0.5) is 5.69 Å². The number of aryl methyl sites for hydroxylation is 1. The predicted molar refractivity (Wildman–Crippen MR) is 78.4 cm³/mol. The summed E-state index contributed by atoms with van der Waals surface area (Å²) in [7, 11) is 0. The number of amides is 1. The van der Waals surface area contributed by atoms with Crippen molar-refractivity contribution in [3.8, 4) is 11.5 Å². The SMILES string of the molecule is Cc1nnc(-c2ccccc2NC(=O)CC(N)C2CC2)o1. The van der Waals surface area contributed by atoms with Crippen molar-refractivity contribution in [2.45, 2.75) is 32.2 Å². The van der Waals surface area contributed by atoms with Gasteiger partial charge in [0.25, 0.3) is 0 Å². The molecular formula is C15H18N4O2. The highest BCUT2D eigenvalue weighted by atomic mass is 16.4. The summed E-state index contributed by atoms with van der Waals surface area (Å²) in [4.78, 5) is 12.1. The lowest BCUT2D eigenvalue weighted by molar-refractivity contribution is -0.116. The Hall–Kier alpha value is -2.21. The molecule has 1 aliphatic carbocycles. The third-order valence-corrected chi connectivity index (χ3v) is 3.61. The number of hydrogen-bond donors (Lipinski definition) is 2. The summed E-state index contributed by atoms with van der Waals surface area (Å²) >= 11 is 0. The van der Waals surface area contributed by atoms with Gasteiger partial charge in [-0.05, 0) is 30.9 Å². The molecule has 3 rings (SSSR count). The van der Waals surface area contributed by atoms with Gasteiger partial charge >= 0.3 is 0 Å². The van der Waals surface area contributed by atoms with E-state index in [4.69, 9.17) is 10.2 Å². The standard InChI is InChI=1S/C15H18N4O2/c1-9-18-19-15(21-9)11-4-2-3-5-13(11)17-14(20)8-12(16)10-6-7-10/h2-5,10,12H,6-8,16H2,1H3,(H,17,20). The van der Waals surface area contributed by atoms with Crippen molar-refractivity contribution in [1.29, 1.82) is 0 Å². The zero-order chi connectivity index (χ0) is 14.8. The molecule has 6 nitrogen and oxygen atoms in total. The van der Waals surface area contributed by atoms with Crippen LogP contribution in [-0.4, -0.2) is 22.1 Å². The summed E-state index contributed by atoms with van der Waals surface area (Å²) in [6, 6.07) is 7.31. The van der Waals surface area contributed by atoms with Crippen LogP contribution in [0.5, 0.6) is 0 Å². The van der Waals surface area contributed by atoms with Crippen molar-refractivity contribution < 1.29 is 9.21 Å². The van der Waals surface area contributed by atoms with E-state index in [1.165, 1.54) is 0 Å². The molecule has 0 saturated heterocycles. The van der Waals surface area contributed by atoms with Gasteiger partial charge in [0.15, 0.2) is 0 Å². The molecule has 0 aliphatic heterocycles. The number of carbonyl (C=O) groups excluding carboxylic acids is 1. The van der Waals surface area contributed by atoms with E-state index in [-0.39, 0.29) is 11.9 Å². The van der Waals surface area contributed by atoms with Gasteiger partial charge in [0.1, 0.15) is 0 Å². The molecule has 1 aliphatic rings. The number of rotatable bonds is 5. The summed E-state index contributed by atoms with van der Waals surface area (Å²) in [6.07, 6.45) is 2.60. The molecule has 1 heterocycles. The quantitative estimate of drug-likeness (QED) is 0.878. The molecule has 21 heavy (non-hydrogen) atoms. The number of benzene rings is 1. The molecule has 0 spiro atoms. The van der Waals surface area contributed by atoms with E-state index in [2.05, 4.69) is 15.5 Å². The van der Waals surface area contributed by atoms with E-state index >= 15 is 0 Å². The Morgan fingerprint density at radius 3 is 2.86 bits per heavy atom. The molecule has 3 N–H and O–H groups in total. The van der Waals surface area contributed by atoms with Crippen molar-refractivity contribution >= 4 is 11.6 Å². The number of aromatic nitrogens is 2. The van der Waals surface area contributed by atoms with Gasteiger partial charge < -0.3 is 15.5 Å². The monoisotopic (exact) mass is 286 g/mol. The minimum Gasteiger partial charge on any atom is -0.421 e. The van der Waals surface area contributed by atoms with Crippen molar-refractivity contribution in [3.05, 3.63) is 30.2 Å². The number of carbonyl (C=O) groups is 1. The van der Waals surface area contributed by atoms with Crippen LogP contribution in [0.25, 0.3) is 11.5 Å². The summed E-state index contributed by atoms with van der Waals surface area (Å²) in [6.45, 7) is 1.73. The smallest absolute Gasteiger partial charge is 0.249 e. The Morgan fingerprint density at radius 1 is 1.43 bits per heavy atom. The second kappa shape index (κ2) is 5.65. The lowest BCUT2D eigenvalue weighted by Gasteiger charge is -2.12. The summed E-state index contributed by atoms with van der Waals surface area (Å²) in [5.41, 5.74) is 7.36. The molecule has 1 aromatic carbocycles. The second-order valence-corrected chi connectivity index (χ2v) is 5.43. The van der Waals surface area contributed by atoms with Crippen LogP contribution in [0.3, 0.4) is 0 Å². The van der Waals surface area contributed by atoms with Crippen LogP contribution >= 0.6 is 0 Å². The van der Waals surface area contributed by atoms with Crippen LogP contribution in [0.1, 0.15) is 25.2 Å². The third-order valence-electron chi connectivity index (χ3n) is 3.61. The Kier molecular flexibility index (Phi) is 3.70. The van der Waals surface area contributed by atoms with E-state index in [1.807, 2.05) is 24.3 Å². The minimum absolute atomic E-state index is 0.0530. The van der Waals surface area contributed by atoms with Crippen LogP contribution < -0.4 is 11.1 Å². The molecule has 1 fully saturated rings. The summed E-state index contributed by atoms with van der Waals surface area (Å²) in [5.74, 6) is 1.31. The number of nitrogens with one attached hydrogen (secondary N) is 1. The van der Waals surface area contributed by atoms with Gasteiger partial charge in [-0.2, -0.15) is 0 Å². The maximum absolute atomic E-state index is 12.1. The normalized spacial score (nSPS) is 15.7. The Morgan fingerprint density at radius 2 is 2.19 bits per heavy atom. The van der Waals surface area contributed by atoms with Crippen LogP contribution in [0.15, 0.2) is 28.7 Å². The van der Waals surface area contributed by atoms with Gasteiger partial charge in [-0.25, -0.2) is 0 Å². The van der Waals surface area contributed by atoms with Crippen LogP contribution in [0, 0.1) is 12.8 Å². The minimum atomic E-state index is -0.0851. The lowest BCUT2D eigenvalue weighted by atomic mass is 10.1. The van der Waals surface area contributed by atoms with Crippen LogP contribution in [-0.2, 0) is 4.79 Å². The fourth-order valence-corrected chi connectivity index (χ4v) is 2.29. The second-order valence-electron chi connectivity index (χ2n) is 5.43. The molecular weight excluding hydrogens is 268 g/mol. The average Bonchev–Trinajstić information content (AvgIpc) is 3.22. The molecule has 6 heteroatoms. The first-order valence-corrected chi connectivity index (χ1v) is 7.08. The van der Waals surface area contributed by atoms with Gasteiger partial charge in [0, 0.05) is 19.4 Å². The average molecular weight is 286 g/mol. The van der Waals surface area contributed by atoms with E-state index in [1.54, 1.807) is 6.92 Å². The highest BCUT2D eigenvalue weighted by Crippen LogP contribution is 2.33. The highest BCUT2D eigenvalue weighted by molar-refractivity contribution is 5.94. The van der Waals surface area contributed by atoms with Crippen LogP contribution in [0.2, 0.25) is 0 Å². The molecule has 1 aromatic heterocycles. The molecule has 1 saturated carbocycles. The van der Waals surface area contributed by atoms with Crippen molar-refractivity contribution in [2.75, 3.05) is 5.32 Å². The van der Waals surface area contributed by atoms with E-state index in [0.29, 0.717) is 35.4 Å². The van der Waals surface area contributed by atoms with E-state index in [9.17, 15) is 4.79 Å². The summed E-state index contributed by atoms with van der Waals surface area (Å²) in [5, 5.41) is 10.7. The summed E-state index contributed by atoms with van der Waals surface area (Å²) < 4.78 is 5.42. The van der Waals surface area contributed by atoms with Gasteiger partial charge in [0.05, 0.1) is 11.3 Å². The number of nitrogens with zero attached hydrogens (tertiary/aromatic N) is 2. The molecule has 0 bridgehead atoms. The lowest BCUT2D eigenvalue weighted by Crippen LogP contribution is -2.28. The maximum Gasteiger partial charge on any atom is 0.249 e. The van der Waals surface area contributed by atoms with Gasteiger partial charge in [-0.15, -0.1) is 10.2 Å². The molecule has 1 amide bonds. The maximum atomic E-state index is 12.1. The third kappa shape index (κ3) is 3.28. The predicted octanol–water partition coefficient (Wildman–Crippen LogP) is 2.11. The molecule has 2 aromatic rings. The number of hydrogen-bond acceptors (Lipinski definition) is 5. The van der Waals surface area contributed by atoms with Gasteiger partial charge in [-0.3, -0.25) is 4.79 Å². The zero-order valence-corrected chi connectivity index (χ0v) is 11.9. The van der Waals surface area contributed by atoms with Crippen molar-refractivity contribution in [1.82, 2.24) is 10.2 Å². The largest absolute Gasteiger partial charge is 0.421 e. The fourth-order valence-electron chi connectivity index (χ4n) is 2.29. The highest BCUT2D eigenvalue weighted by Gasteiger charge is 2.30. The first-order valence-electron chi connectivity index (χ1n) is 7.08. The Bertz CT molecular complexity index is 649. The molecule has 110 valence electrons. The first kappa shape index (κ1) is 13.8. The Labute approximate surface area is 122 Å². The van der Waals surface area contributed by atoms with Crippen molar-refractivity contribution in [3.63, 3.8) is 0 Å². The Balaban J connectivity index is 1.74. The van der Waals surface area contributed by atoms with E-state index < -0.39 is 0 Å². The zero-order valence-electron chi connectivity index (χ0n) is 11.9. The van der Waals surface area contributed by atoms with Crippen molar-refractivity contribution in [2.24, 2.45) is 11.7 Å². The fraction of sp³-hybridized carbons (Fsp3) is 0.400. The molecule has 1 unspecified atom stereocenters. The van der Waals surface area contributed by atoms with Gasteiger partial charge in [0.2, 0.25) is 17.7 Å². The van der Waals surface area contributed by atoms with Gasteiger partial charge in [-0.1, -0.05) is 12.1 Å². The number of nitrogens with two attached hydrogens (primary N) is 1. The topological polar surface area (TPSA) is 94.0 Å². The number of anilines is 1. The molecule has 0 radical (unpaired) electrons. The van der Waals surface area contributed by atoms with E-state index in [0.717, 1.165) is 12.8 Å².